The molecule has 3 unspecified atom stereocenters. The lowest BCUT2D eigenvalue weighted by atomic mass is 10.0. The normalized spacial score (nSPS) is 21.4. The van der Waals surface area contributed by atoms with E-state index in [-0.39, 0.29) is 18.0 Å². The number of piperazine rings is 1. The average Bonchev–Trinajstić information content (AvgIpc) is 4.07. The molecular weight excluding hydrogens is 753 g/mol. The molecule has 5 aromatic rings. The van der Waals surface area contributed by atoms with Crippen molar-refractivity contribution in [2.24, 2.45) is 0 Å². The van der Waals surface area contributed by atoms with Gasteiger partial charge >= 0.3 is 6.03 Å². The molecule has 5 N–H and O–H groups in total. The Labute approximate surface area is 342 Å². The maximum Gasteiger partial charge on any atom is 0.323 e. The number of aryl methyl sites for hydroxylation is 2. The predicted octanol–water partition coefficient (Wildman–Crippen LogP) is 4.66. The summed E-state index contributed by atoms with van der Waals surface area (Å²) in [5.41, 5.74) is 7.20. The van der Waals surface area contributed by atoms with Gasteiger partial charge in [-0.1, -0.05) is 24.4 Å². The highest BCUT2D eigenvalue weighted by Crippen LogP contribution is 2.38. The van der Waals surface area contributed by atoms with E-state index < -0.39 is 12.5 Å². The summed E-state index contributed by atoms with van der Waals surface area (Å²) in [6, 6.07) is 9.08. The Bertz CT molecular complexity index is 2300. The van der Waals surface area contributed by atoms with Crippen LogP contribution < -0.4 is 20.9 Å². The molecule has 1 aromatic carbocycles. The predicted molar refractivity (Wildman–Crippen MR) is 220 cm³/mol. The highest BCUT2D eigenvalue weighted by Gasteiger charge is 2.39. The van der Waals surface area contributed by atoms with E-state index in [9.17, 15) is 19.8 Å². The lowest BCUT2D eigenvalue weighted by Crippen LogP contribution is -2.56. The number of nitrogens with one attached hydrogen (secondary N) is 3. The Morgan fingerprint density at radius 1 is 0.966 bits per heavy atom. The molecule has 3 atom stereocenters. The molecular formula is C42H52N12O5. The summed E-state index contributed by atoms with van der Waals surface area (Å²) in [5, 5.41) is 37.6. The van der Waals surface area contributed by atoms with Crippen molar-refractivity contribution >= 4 is 34.6 Å². The van der Waals surface area contributed by atoms with Crippen molar-refractivity contribution in [1.29, 1.82) is 0 Å². The second kappa shape index (κ2) is 17.0. The van der Waals surface area contributed by atoms with E-state index in [1.165, 1.54) is 0 Å². The Hall–Kier alpha value is -5.49. The van der Waals surface area contributed by atoms with Gasteiger partial charge in [0, 0.05) is 62.4 Å². The third kappa shape index (κ3) is 8.37. The highest BCUT2D eigenvalue weighted by molar-refractivity contribution is 6.00. The van der Waals surface area contributed by atoms with E-state index in [0.717, 1.165) is 106 Å². The molecule has 3 fully saturated rings. The number of fused-ring (bicyclic) bond motifs is 2. The zero-order valence-corrected chi connectivity index (χ0v) is 33.4. The number of aliphatic hydroxyl groups is 2. The topological polar surface area (TPSA) is 202 Å². The Balaban J connectivity index is 0.704. The van der Waals surface area contributed by atoms with Gasteiger partial charge in [-0.3, -0.25) is 20.0 Å². The minimum atomic E-state index is -0.940. The van der Waals surface area contributed by atoms with Gasteiger partial charge in [0.15, 0.2) is 5.65 Å². The smallest absolute Gasteiger partial charge is 0.323 e. The van der Waals surface area contributed by atoms with Crippen molar-refractivity contribution in [2.75, 3.05) is 48.3 Å². The van der Waals surface area contributed by atoms with Crippen LogP contribution in [0.15, 0.2) is 53.4 Å². The van der Waals surface area contributed by atoms with Crippen LogP contribution >= 0.6 is 0 Å². The van der Waals surface area contributed by atoms with E-state index in [0.29, 0.717) is 66.1 Å². The number of amides is 3. The number of carbonyl (C=O) groups excluding carboxylic acids is 2. The van der Waals surface area contributed by atoms with Crippen LogP contribution in [0.3, 0.4) is 0 Å². The zero-order valence-electron chi connectivity index (χ0n) is 33.4. The molecule has 4 aromatic heterocycles. The van der Waals surface area contributed by atoms with Crippen LogP contribution in [0.1, 0.15) is 96.8 Å². The third-order valence-electron chi connectivity index (χ3n) is 12.3. The van der Waals surface area contributed by atoms with Crippen molar-refractivity contribution in [3.63, 3.8) is 0 Å². The number of hydrogen-bond acceptors (Lipinski definition) is 13. The second-order valence-electron chi connectivity index (χ2n) is 16.3. The van der Waals surface area contributed by atoms with Gasteiger partial charge in [-0.2, -0.15) is 10.1 Å². The number of pyridine rings is 1. The number of aromatic nitrogens is 6. The number of rotatable bonds is 12. The molecule has 2 saturated heterocycles. The fourth-order valence-electron chi connectivity index (χ4n) is 9.21. The monoisotopic (exact) mass is 804 g/mol. The fraction of sp³-hybridized carbons (Fsp3) is 0.500. The molecule has 17 nitrogen and oxygen atoms in total. The summed E-state index contributed by atoms with van der Waals surface area (Å²) in [6.45, 7) is 7.21. The van der Waals surface area contributed by atoms with Crippen LogP contribution in [-0.2, 0) is 13.0 Å². The van der Waals surface area contributed by atoms with Crippen LogP contribution in [-0.4, -0.2) is 113 Å². The minimum Gasteiger partial charge on any atom is -0.379 e. The molecule has 1 aliphatic carbocycles. The molecule has 3 amide bonds. The first kappa shape index (κ1) is 39.0. The number of nitrogens with zero attached hydrogens (tertiary/aromatic N) is 9. The first-order chi connectivity index (χ1) is 28.8. The second-order valence-corrected chi connectivity index (χ2v) is 16.3. The molecule has 4 aliphatic rings. The molecule has 1 saturated carbocycles. The molecule has 17 heteroatoms. The van der Waals surface area contributed by atoms with Crippen LogP contribution in [0.25, 0.3) is 17.2 Å². The number of urea groups is 1. The number of piperidine rings is 1. The van der Waals surface area contributed by atoms with Crippen molar-refractivity contribution in [3.8, 4) is 11.5 Å². The van der Waals surface area contributed by atoms with Crippen molar-refractivity contribution in [1.82, 2.24) is 44.8 Å². The minimum absolute atomic E-state index is 0.0560. The Kier molecular flexibility index (Phi) is 11.2. The van der Waals surface area contributed by atoms with Crippen LogP contribution in [0, 0.1) is 6.92 Å². The van der Waals surface area contributed by atoms with Gasteiger partial charge in [-0.25, -0.2) is 14.3 Å². The van der Waals surface area contributed by atoms with Crippen LogP contribution in [0.5, 0.6) is 0 Å². The van der Waals surface area contributed by atoms with E-state index in [4.69, 9.17) is 4.52 Å². The van der Waals surface area contributed by atoms with Crippen molar-refractivity contribution < 1.29 is 24.3 Å². The van der Waals surface area contributed by atoms with Gasteiger partial charge in [-0.05, 0) is 87.4 Å². The highest BCUT2D eigenvalue weighted by atomic mass is 16.5. The molecule has 0 spiro atoms. The largest absolute Gasteiger partial charge is 0.379 e. The lowest BCUT2D eigenvalue weighted by molar-refractivity contribution is -0.0477. The van der Waals surface area contributed by atoms with E-state index in [1.54, 1.807) is 23.5 Å². The molecule has 9 rings (SSSR count). The number of hydrogen-bond donors (Lipinski definition) is 5. The number of unbranched alkanes of at least 4 members (excludes halogenated alkanes) is 2. The van der Waals surface area contributed by atoms with Gasteiger partial charge in [-0.15, -0.1) is 0 Å². The molecule has 7 heterocycles. The maximum atomic E-state index is 13.2. The van der Waals surface area contributed by atoms with Crippen molar-refractivity contribution in [3.05, 3.63) is 77.2 Å². The Morgan fingerprint density at radius 2 is 1.81 bits per heavy atom. The summed E-state index contributed by atoms with van der Waals surface area (Å²) in [5.74, 6) is 1.28. The van der Waals surface area contributed by atoms with E-state index in [2.05, 4.69) is 57.0 Å². The van der Waals surface area contributed by atoms with Gasteiger partial charge in [0.1, 0.15) is 18.1 Å². The Morgan fingerprint density at radius 3 is 2.63 bits per heavy atom. The lowest BCUT2D eigenvalue weighted by Gasteiger charge is -2.37. The summed E-state index contributed by atoms with van der Waals surface area (Å²) in [4.78, 5) is 46.6. The quantitative estimate of drug-likeness (QED) is 0.109. The number of anilines is 3. The van der Waals surface area contributed by atoms with Crippen LogP contribution in [0.2, 0.25) is 0 Å². The maximum absolute atomic E-state index is 13.2. The third-order valence-corrected chi connectivity index (χ3v) is 12.3. The standard InChI is InChI=1S/C42H52N12O5/c1-26-21-29(46-42(58)47-32-24-43-34-14-15-45-54(34)38(32)27-7-4-5-8-27)23-44-37(26)39-49-36(59-50-39)9-3-2-6-16-51-17-19-52(20-18-51)30-10-11-31-28(22-30)25-53(41(31)57)33-12-13-35(55)48-40(33)56/h10-11,14-15,21-24,27,33,35,40,48,55-56H,2-9,12-13,16-20,25H2,1H3,(H2,46,47,58). The summed E-state index contributed by atoms with van der Waals surface area (Å²) in [6.07, 6.45) is 12.6. The first-order valence-electron chi connectivity index (χ1n) is 21.0. The van der Waals surface area contributed by atoms with Gasteiger partial charge in [0.2, 0.25) is 11.7 Å². The van der Waals surface area contributed by atoms with E-state index >= 15 is 0 Å². The molecule has 0 radical (unpaired) electrons. The van der Waals surface area contributed by atoms with Crippen molar-refractivity contribution in [2.45, 2.75) is 102 Å². The van der Waals surface area contributed by atoms with Crippen LogP contribution in [0.4, 0.5) is 21.9 Å². The fourth-order valence-corrected chi connectivity index (χ4v) is 9.21. The average molecular weight is 805 g/mol. The van der Waals surface area contributed by atoms with Gasteiger partial charge < -0.3 is 35.2 Å². The SMILES string of the molecule is Cc1cc(NC(=O)Nc2cnc3ccnn3c2C2CCCC2)cnc1-c1noc(CCCCCN2CCN(c3ccc4c(c3)CN(C3CCC(O)NC3O)C4=O)CC2)n1. The zero-order chi connectivity index (χ0) is 40.5. The molecule has 0 bridgehead atoms. The first-order valence-corrected chi connectivity index (χ1v) is 21.0. The molecule has 3 aliphatic heterocycles. The van der Waals surface area contributed by atoms with Gasteiger partial charge in [0.25, 0.3) is 5.91 Å². The summed E-state index contributed by atoms with van der Waals surface area (Å²) < 4.78 is 7.43. The summed E-state index contributed by atoms with van der Waals surface area (Å²) in [7, 11) is 0. The summed E-state index contributed by atoms with van der Waals surface area (Å²) >= 11 is 0. The molecule has 59 heavy (non-hydrogen) atoms. The number of carbonyl (C=O) groups is 2. The molecule has 310 valence electrons. The number of benzene rings is 1. The number of aliphatic hydroxyl groups excluding tert-OH is 2. The van der Waals surface area contributed by atoms with Gasteiger partial charge in [0.05, 0.1) is 41.7 Å². The van der Waals surface area contributed by atoms with E-state index in [1.807, 2.05) is 35.7 Å².